The number of nitrogens with zero attached hydrogens (tertiary/aromatic N) is 1. The number of aryl methyl sites for hydroxylation is 1. The fraction of sp³-hybridized carbons (Fsp3) is 0.208. The van der Waals surface area contributed by atoms with Gasteiger partial charge in [-0.1, -0.05) is 65.2 Å². The first kappa shape index (κ1) is 24.3. The Bertz CT molecular complexity index is 1160. The molecule has 0 aromatic heterocycles. The number of hydrogen-bond acceptors (Lipinski definition) is 3. The minimum atomic E-state index is -3.91. The van der Waals surface area contributed by atoms with E-state index < -0.39 is 15.9 Å². The highest BCUT2D eigenvalue weighted by Crippen LogP contribution is 2.21. The number of sulfonamides is 1. The van der Waals surface area contributed by atoms with Crippen LogP contribution in [-0.4, -0.2) is 25.2 Å². The van der Waals surface area contributed by atoms with E-state index in [1.165, 1.54) is 4.31 Å². The summed E-state index contributed by atoms with van der Waals surface area (Å²) in [6.07, 6.45) is 0. The van der Waals surface area contributed by atoms with Gasteiger partial charge in [0.15, 0.2) is 0 Å². The minimum absolute atomic E-state index is 0.0378. The molecule has 0 radical (unpaired) electrons. The molecule has 0 saturated carbocycles. The third kappa shape index (κ3) is 6.33. The first-order valence-electron chi connectivity index (χ1n) is 10.0. The van der Waals surface area contributed by atoms with Crippen LogP contribution in [0.2, 0.25) is 10.0 Å². The zero-order chi connectivity index (χ0) is 23.3. The molecule has 0 aliphatic heterocycles. The summed E-state index contributed by atoms with van der Waals surface area (Å²) < 4.78 is 27.9. The van der Waals surface area contributed by atoms with Crippen molar-refractivity contribution >= 4 is 39.1 Å². The van der Waals surface area contributed by atoms with Crippen LogP contribution in [0.1, 0.15) is 29.7 Å². The lowest BCUT2D eigenvalue weighted by molar-refractivity contribution is -0.122. The Morgan fingerprint density at radius 3 is 2.00 bits per heavy atom. The molecule has 1 amide bonds. The van der Waals surface area contributed by atoms with Gasteiger partial charge in [0.25, 0.3) is 0 Å². The molecule has 3 rings (SSSR count). The standard InChI is InChI=1S/C24H24Cl2N2O3S/c1-17-3-13-23(14-4-17)32(30,31)28(15-19-5-9-21(25)10-6-19)16-24(29)27-18(2)20-7-11-22(26)12-8-20/h3-14,18H,15-16H2,1-2H3,(H,27,29)/t18-/m0/s1. The van der Waals surface area contributed by atoms with Crippen LogP contribution < -0.4 is 5.32 Å². The molecule has 8 heteroatoms. The maximum Gasteiger partial charge on any atom is 0.243 e. The Hall–Kier alpha value is -2.38. The molecule has 0 bridgehead atoms. The molecule has 0 spiro atoms. The highest BCUT2D eigenvalue weighted by atomic mass is 35.5. The number of carbonyl (C=O) groups is 1. The number of halogens is 2. The fourth-order valence-electron chi connectivity index (χ4n) is 3.16. The summed E-state index contributed by atoms with van der Waals surface area (Å²) in [5.41, 5.74) is 2.54. The van der Waals surface area contributed by atoms with Gasteiger partial charge in [0, 0.05) is 16.6 Å². The van der Waals surface area contributed by atoms with Gasteiger partial charge in [0.05, 0.1) is 17.5 Å². The Morgan fingerprint density at radius 2 is 1.44 bits per heavy atom. The van der Waals surface area contributed by atoms with Crippen molar-refractivity contribution in [3.8, 4) is 0 Å². The number of nitrogens with one attached hydrogen (secondary N) is 1. The number of rotatable bonds is 8. The second-order valence-electron chi connectivity index (χ2n) is 7.55. The Labute approximate surface area is 199 Å². The monoisotopic (exact) mass is 490 g/mol. The molecule has 1 atom stereocenters. The summed E-state index contributed by atoms with van der Waals surface area (Å²) in [5.74, 6) is -0.405. The molecule has 5 nitrogen and oxygen atoms in total. The van der Waals surface area contributed by atoms with E-state index in [1.807, 2.05) is 26.0 Å². The van der Waals surface area contributed by atoms with E-state index in [0.29, 0.717) is 10.0 Å². The van der Waals surface area contributed by atoms with E-state index in [4.69, 9.17) is 23.2 Å². The van der Waals surface area contributed by atoms with Crippen molar-refractivity contribution in [2.24, 2.45) is 0 Å². The van der Waals surface area contributed by atoms with Gasteiger partial charge in [0.2, 0.25) is 15.9 Å². The van der Waals surface area contributed by atoms with Crippen LogP contribution in [-0.2, 0) is 21.4 Å². The molecule has 0 unspecified atom stereocenters. The minimum Gasteiger partial charge on any atom is -0.348 e. The number of benzene rings is 3. The van der Waals surface area contributed by atoms with E-state index in [9.17, 15) is 13.2 Å². The van der Waals surface area contributed by atoms with Gasteiger partial charge in [-0.15, -0.1) is 0 Å². The van der Waals surface area contributed by atoms with Gasteiger partial charge in [-0.3, -0.25) is 4.79 Å². The van der Waals surface area contributed by atoms with Crippen molar-refractivity contribution in [3.63, 3.8) is 0 Å². The predicted molar refractivity (Wildman–Crippen MR) is 128 cm³/mol. The fourth-order valence-corrected chi connectivity index (χ4v) is 4.80. The van der Waals surface area contributed by atoms with Crippen LogP contribution in [0.25, 0.3) is 0 Å². The zero-order valence-corrected chi connectivity index (χ0v) is 20.1. The molecule has 0 heterocycles. The third-order valence-electron chi connectivity index (χ3n) is 5.00. The van der Waals surface area contributed by atoms with E-state index >= 15 is 0 Å². The van der Waals surface area contributed by atoms with E-state index in [0.717, 1.165) is 16.7 Å². The van der Waals surface area contributed by atoms with Crippen LogP contribution >= 0.6 is 23.2 Å². The molecule has 0 aliphatic carbocycles. The quantitative estimate of drug-likeness (QED) is 0.461. The maximum atomic E-state index is 13.3. The van der Waals surface area contributed by atoms with Crippen molar-refractivity contribution in [2.45, 2.75) is 31.3 Å². The Kier molecular flexibility index (Phi) is 7.96. The van der Waals surface area contributed by atoms with E-state index in [-0.39, 0.29) is 24.0 Å². The van der Waals surface area contributed by atoms with E-state index in [1.54, 1.807) is 60.7 Å². The van der Waals surface area contributed by atoms with Crippen molar-refractivity contribution in [1.29, 1.82) is 0 Å². The number of hydrogen-bond donors (Lipinski definition) is 1. The van der Waals surface area contributed by atoms with Gasteiger partial charge in [0.1, 0.15) is 0 Å². The molecule has 0 saturated heterocycles. The summed E-state index contributed by atoms with van der Waals surface area (Å²) >= 11 is 11.9. The van der Waals surface area contributed by atoms with Crippen LogP contribution in [0.4, 0.5) is 0 Å². The summed E-state index contributed by atoms with van der Waals surface area (Å²) in [6.45, 7) is 3.43. The Morgan fingerprint density at radius 1 is 0.906 bits per heavy atom. The van der Waals surface area contributed by atoms with Crippen molar-refractivity contribution in [1.82, 2.24) is 9.62 Å². The Balaban J connectivity index is 1.82. The van der Waals surface area contributed by atoms with Gasteiger partial charge in [-0.05, 0) is 61.4 Å². The van der Waals surface area contributed by atoms with E-state index in [2.05, 4.69) is 5.32 Å². The van der Waals surface area contributed by atoms with Crippen LogP contribution in [0.15, 0.2) is 77.7 Å². The van der Waals surface area contributed by atoms with Crippen molar-refractivity contribution in [2.75, 3.05) is 6.54 Å². The SMILES string of the molecule is Cc1ccc(S(=O)(=O)N(CC(=O)N[C@@H](C)c2ccc(Cl)cc2)Cc2ccc(Cl)cc2)cc1. The van der Waals surface area contributed by atoms with Crippen LogP contribution in [0.3, 0.4) is 0 Å². The summed E-state index contributed by atoms with van der Waals surface area (Å²) in [4.78, 5) is 13.0. The molecule has 168 valence electrons. The number of carbonyl (C=O) groups excluding carboxylic acids is 1. The molecule has 0 aliphatic rings. The molecule has 1 N–H and O–H groups in total. The highest BCUT2D eigenvalue weighted by Gasteiger charge is 2.27. The average molecular weight is 491 g/mol. The lowest BCUT2D eigenvalue weighted by atomic mass is 10.1. The molecule has 32 heavy (non-hydrogen) atoms. The lowest BCUT2D eigenvalue weighted by Crippen LogP contribution is -2.41. The predicted octanol–water partition coefficient (Wildman–Crippen LogP) is 5.37. The zero-order valence-electron chi connectivity index (χ0n) is 17.8. The molecule has 0 fully saturated rings. The molecular weight excluding hydrogens is 467 g/mol. The van der Waals surface area contributed by atoms with Gasteiger partial charge in [-0.2, -0.15) is 4.31 Å². The second-order valence-corrected chi connectivity index (χ2v) is 10.4. The first-order valence-corrected chi connectivity index (χ1v) is 12.2. The summed E-state index contributed by atoms with van der Waals surface area (Å²) in [7, 11) is -3.91. The topological polar surface area (TPSA) is 66.5 Å². The summed E-state index contributed by atoms with van der Waals surface area (Å²) in [5, 5.41) is 4.02. The normalized spacial score (nSPS) is 12.5. The average Bonchev–Trinajstić information content (AvgIpc) is 2.75. The third-order valence-corrected chi connectivity index (χ3v) is 7.31. The van der Waals surface area contributed by atoms with Gasteiger partial charge < -0.3 is 5.32 Å². The summed E-state index contributed by atoms with van der Waals surface area (Å²) in [6, 6.07) is 20.3. The van der Waals surface area contributed by atoms with Crippen molar-refractivity contribution in [3.05, 3.63) is 99.5 Å². The molecule has 3 aromatic carbocycles. The molecule has 3 aromatic rings. The lowest BCUT2D eigenvalue weighted by Gasteiger charge is -2.23. The molecular formula is C24H24Cl2N2O3S. The first-order chi connectivity index (χ1) is 15.1. The number of amides is 1. The largest absolute Gasteiger partial charge is 0.348 e. The van der Waals surface area contributed by atoms with Crippen molar-refractivity contribution < 1.29 is 13.2 Å². The van der Waals surface area contributed by atoms with Gasteiger partial charge >= 0.3 is 0 Å². The van der Waals surface area contributed by atoms with Crippen LogP contribution in [0, 0.1) is 6.92 Å². The van der Waals surface area contributed by atoms with Crippen LogP contribution in [0.5, 0.6) is 0 Å². The smallest absolute Gasteiger partial charge is 0.243 e. The second kappa shape index (κ2) is 10.5. The highest BCUT2D eigenvalue weighted by molar-refractivity contribution is 7.89. The maximum absolute atomic E-state index is 13.3. The van der Waals surface area contributed by atoms with Gasteiger partial charge in [-0.25, -0.2) is 8.42 Å².